The van der Waals surface area contributed by atoms with Crippen LogP contribution in [0.5, 0.6) is 5.75 Å². The molecule has 2 unspecified atom stereocenters. The maximum Gasteiger partial charge on any atom is 0.123 e. The van der Waals surface area contributed by atoms with E-state index in [1.807, 2.05) is 18.2 Å². The van der Waals surface area contributed by atoms with Crippen LogP contribution in [-0.2, 0) is 6.54 Å². The van der Waals surface area contributed by atoms with Crippen LogP contribution in [-0.4, -0.2) is 19.0 Å². The van der Waals surface area contributed by atoms with Crippen molar-refractivity contribution < 1.29 is 4.74 Å². The molecule has 19 heavy (non-hydrogen) atoms. The molecular formula is C15H21Cl2NO. The molecule has 1 saturated carbocycles. The summed E-state index contributed by atoms with van der Waals surface area (Å²) in [6.45, 7) is 0.780. The molecular weight excluding hydrogens is 281 g/mol. The van der Waals surface area contributed by atoms with Crippen LogP contribution in [0.1, 0.15) is 31.2 Å². The molecule has 0 bridgehead atoms. The average molecular weight is 302 g/mol. The van der Waals surface area contributed by atoms with Gasteiger partial charge in [0, 0.05) is 29.1 Å². The average Bonchev–Trinajstić information content (AvgIpc) is 2.45. The number of methoxy groups -OCH3 is 1. The smallest absolute Gasteiger partial charge is 0.123 e. The minimum Gasteiger partial charge on any atom is -0.496 e. The van der Waals surface area contributed by atoms with E-state index < -0.39 is 0 Å². The molecule has 1 aliphatic carbocycles. The van der Waals surface area contributed by atoms with Crippen LogP contribution in [0.2, 0.25) is 5.02 Å². The van der Waals surface area contributed by atoms with Crippen molar-refractivity contribution in [1.29, 1.82) is 0 Å². The summed E-state index contributed by atoms with van der Waals surface area (Å²) in [6.07, 6.45) is 5.03. The maximum absolute atomic E-state index is 6.05. The van der Waals surface area contributed by atoms with Crippen molar-refractivity contribution in [1.82, 2.24) is 5.32 Å². The first-order chi connectivity index (χ1) is 9.24. The highest BCUT2D eigenvalue weighted by Crippen LogP contribution is 2.27. The zero-order valence-corrected chi connectivity index (χ0v) is 12.8. The van der Waals surface area contributed by atoms with Gasteiger partial charge >= 0.3 is 0 Å². The van der Waals surface area contributed by atoms with E-state index in [2.05, 4.69) is 5.32 Å². The topological polar surface area (TPSA) is 21.3 Å². The van der Waals surface area contributed by atoms with E-state index in [0.29, 0.717) is 12.0 Å². The minimum absolute atomic E-state index is 0.509. The summed E-state index contributed by atoms with van der Waals surface area (Å²) in [5.41, 5.74) is 1.11. The molecule has 0 radical (unpaired) electrons. The number of hydrogen-bond donors (Lipinski definition) is 1. The molecule has 0 spiro atoms. The Balaban J connectivity index is 1.99. The second-order valence-corrected chi connectivity index (χ2v) is 5.89. The van der Waals surface area contributed by atoms with Crippen molar-refractivity contribution in [3.8, 4) is 5.75 Å². The first kappa shape index (κ1) is 15.0. The van der Waals surface area contributed by atoms with E-state index in [0.717, 1.165) is 28.8 Å². The summed E-state index contributed by atoms with van der Waals surface area (Å²) in [6, 6.07) is 6.24. The molecule has 2 nitrogen and oxygen atoms in total. The van der Waals surface area contributed by atoms with Crippen LogP contribution in [0.15, 0.2) is 18.2 Å². The SMILES string of the molecule is COc1ccc(Cl)cc1CNC1CCCCC1CCl. The quantitative estimate of drug-likeness (QED) is 0.822. The molecule has 1 aromatic rings. The van der Waals surface area contributed by atoms with Crippen molar-refractivity contribution in [3.63, 3.8) is 0 Å². The monoisotopic (exact) mass is 301 g/mol. The third kappa shape index (κ3) is 4.01. The lowest BCUT2D eigenvalue weighted by Crippen LogP contribution is -2.39. The normalized spacial score (nSPS) is 23.3. The number of alkyl halides is 1. The van der Waals surface area contributed by atoms with Gasteiger partial charge in [-0.1, -0.05) is 24.4 Å². The summed E-state index contributed by atoms with van der Waals surface area (Å²) in [7, 11) is 1.69. The largest absolute Gasteiger partial charge is 0.496 e. The van der Waals surface area contributed by atoms with Gasteiger partial charge < -0.3 is 10.1 Å². The molecule has 2 atom stereocenters. The lowest BCUT2D eigenvalue weighted by atomic mass is 9.85. The molecule has 1 aliphatic rings. The Hall–Kier alpha value is -0.440. The summed E-state index contributed by atoms with van der Waals surface area (Å²) in [4.78, 5) is 0. The third-order valence-corrected chi connectivity index (χ3v) is 4.54. The van der Waals surface area contributed by atoms with E-state index >= 15 is 0 Å². The standard InChI is InChI=1S/C15H21Cl2NO/c1-19-15-7-6-13(17)8-12(15)10-18-14-5-3-2-4-11(14)9-16/h6-8,11,14,18H,2-5,9-10H2,1H3. The molecule has 1 fully saturated rings. The first-order valence-electron chi connectivity index (χ1n) is 6.86. The Morgan fingerprint density at radius 2 is 2.11 bits per heavy atom. The van der Waals surface area contributed by atoms with Gasteiger partial charge in [0.15, 0.2) is 0 Å². The van der Waals surface area contributed by atoms with Gasteiger partial charge in [-0.15, -0.1) is 11.6 Å². The fraction of sp³-hybridized carbons (Fsp3) is 0.600. The van der Waals surface area contributed by atoms with E-state index in [1.54, 1.807) is 7.11 Å². The van der Waals surface area contributed by atoms with Gasteiger partial charge in [0.05, 0.1) is 7.11 Å². The Morgan fingerprint density at radius 1 is 1.32 bits per heavy atom. The highest BCUT2D eigenvalue weighted by atomic mass is 35.5. The summed E-state index contributed by atoms with van der Waals surface area (Å²) in [5.74, 6) is 2.21. The number of nitrogens with one attached hydrogen (secondary N) is 1. The van der Waals surface area contributed by atoms with Gasteiger partial charge in [0.2, 0.25) is 0 Å². The second-order valence-electron chi connectivity index (χ2n) is 5.14. The predicted octanol–water partition coefficient (Wildman–Crippen LogP) is 4.24. The molecule has 0 aliphatic heterocycles. The second kappa shape index (κ2) is 7.37. The molecule has 0 saturated heterocycles. The third-order valence-electron chi connectivity index (χ3n) is 3.90. The van der Waals surface area contributed by atoms with Gasteiger partial charge in [-0.2, -0.15) is 0 Å². The molecule has 1 N–H and O–H groups in total. The van der Waals surface area contributed by atoms with Gasteiger partial charge in [-0.3, -0.25) is 0 Å². The lowest BCUT2D eigenvalue weighted by molar-refractivity contribution is 0.281. The van der Waals surface area contributed by atoms with Crippen molar-refractivity contribution in [2.24, 2.45) is 5.92 Å². The molecule has 4 heteroatoms. The van der Waals surface area contributed by atoms with E-state index in [-0.39, 0.29) is 0 Å². The number of ether oxygens (including phenoxy) is 1. The molecule has 0 amide bonds. The molecule has 106 valence electrons. The van der Waals surface area contributed by atoms with Crippen LogP contribution in [0, 0.1) is 5.92 Å². The zero-order chi connectivity index (χ0) is 13.7. The molecule has 0 aromatic heterocycles. The van der Waals surface area contributed by atoms with Crippen LogP contribution in [0.4, 0.5) is 0 Å². The number of hydrogen-bond acceptors (Lipinski definition) is 2. The number of halogens is 2. The lowest BCUT2D eigenvalue weighted by Gasteiger charge is -2.31. The predicted molar refractivity (Wildman–Crippen MR) is 81.3 cm³/mol. The van der Waals surface area contributed by atoms with Gasteiger partial charge in [0.25, 0.3) is 0 Å². The van der Waals surface area contributed by atoms with E-state index in [9.17, 15) is 0 Å². The van der Waals surface area contributed by atoms with Gasteiger partial charge in [0.1, 0.15) is 5.75 Å². The van der Waals surface area contributed by atoms with Crippen LogP contribution >= 0.6 is 23.2 Å². The van der Waals surface area contributed by atoms with Crippen molar-refractivity contribution >= 4 is 23.2 Å². The van der Waals surface area contributed by atoms with E-state index in [1.165, 1.54) is 25.7 Å². The Labute approximate surface area is 125 Å². The van der Waals surface area contributed by atoms with Gasteiger partial charge in [-0.05, 0) is 37.0 Å². The van der Waals surface area contributed by atoms with Crippen LogP contribution < -0.4 is 10.1 Å². The Morgan fingerprint density at radius 3 is 2.84 bits per heavy atom. The van der Waals surface area contributed by atoms with Crippen molar-refractivity contribution in [2.45, 2.75) is 38.3 Å². The van der Waals surface area contributed by atoms with E-state index in [4.69, 9.17) is 27.9 Å². The van der Waals surface area contributed by atoms with Crippen molar-refractivity contribution in [2.75, 3.05) is 13.0 Å². The number of benzene rings is 1. The Kier molecular flexibility index (Phi) is 5.80. The molecule has 2 rings (SSSR count). The van der Waals surface area contributed by atoms with Crippen LogP contribution in [0.3, 0.4) is 0 Å². The highest BCUT2D eigenvalue weighted by Gasteiger charge is 2.23. The first-order valence-corrected chi connectivity index (χ1v) is 7.77. The molecule has 1 aromatic carbocycles. The summed E-state index contributed by atoms with van der Waals surface area (Å²) >= 11 is 12.1. The number of rotatable bonds is 5. The fourth-order valence-corrected chi connectivity index (χ4v) is 3.35. The molecule has 0 heterocycles. The minimum atomic E-state index is 0.509. The summed E-state index contributed by atoms with van der Waals surface area (Å²) in [5, 5.41) is 4.36. The van der Waals surface area contributed by atoms with Gasteiger partial charge in [-0.25, -0.2) is 0 Å². The maximum atomic E-state index is 6.05. The summed E-state index contributed by atoms with van der Waals surface area (Å²) < 4.78 is 5.37. The Bertz CT molecular complexity index is 411. The van der Waals surface area contributed by atoms with Crippen molar-refractivity contribution in [3.05, 3.63) is 28.8 Å². The zero-order valence-electron chi connectivity index (χ0n) is 11.3. The van der Waals surface area contributed by atoms with Crippen LogP contribution in [0.25, 0.3) is 0 Å². The fourth-order valence-electron chi connectivity index (χ4n) is 2.79. The highest BCUT2D eigenvalue weighted by molar-refractivity contribution is 6.30.